The predicted molar refractivity (Wildman–Crippen MR) is 88.6 cm³/mol. The van der Waals surface area contributed by atoms with Crippen molar-refractivity contribution < 1.29 is 4.79 Å². The van der Waals surface area contributed by atoms with Crippen LogP contribution in [0.2, 0.25) is 0 Å². The summed E-state index contributed by atoms with van der Waals surface area (Å²) in [6.07, 6.45) is 0. The molecule has 0 fully saturated rings. The molecule has 0 unspecified atom stereocenters. The number of nitrogens with zero attached hydrogens (tertiary/aromatic N) is 1. The summed E-state index contributed by atoms with van der Waals surface area (Å²) in [4.78, 5) is 19.4. The van der Waals surface area contributed by atoms with Crippen LogP contribution in [0.5, 0.6) is 0 Å². The third-order valence-corrected chi connectivity index (χ3v) is 4.18. The molecule has 5 nitrogen and oxygen atoms in total. The highest BCUT2D eigenvalue weighted by Crippen LogP contribution is 2.28. The monoisotopic (exact) mass is 408 g/mol. The van der Waals surface area contributed by atoms with Gasteiger partial charge in [-0.05, 0) is 40.2 Å². The van der Waals surface area contributed by atoms with Gasteiger partial charge in [0.15, 0.2) is 0 Å². The Hall–Kier alpha value is -1.70. The van der Waals surface area contributed by atoms with Crippen LogP contribution < -0.4 is 11.3 Å². The van der Waals surface area contributed by atoms with Crippen LogP contribution in [-0.4, -0.2) is 15.9 Å². The average Bonchev–Trinajstić information content (AvgIpc) is 2.91. The number of halogens is 2. The van der Waals surface area contributed by atoms with Crippen molar-refractivity contribution >= 4 is 48.8 Å². The number of hydrogen-bond donors (Lipinski definition) is 3. The van der Waals surface area contributed by atoms with Crippen LogP contribution in [0.1, 0.15) is 10.4 Å². The lowest BCUT2D eigenvalue weighted by Crippen LogP contribution is -2.29. The number of nitrogens with one attached hydrogen (secondary N) is 2. The van der Waals surface area contributed by atoms with Crippen molar-refractivity contribution in [1.29, 1.82) is 0 Å². The molecule has 0 aliphatic rings. The molecule has 0 radical (unpaired) electrons. The Kier molecular flexibility index (Phi) is 3.79. The van der Waals surface area contributed by atoms with Crippen LogP contribution in [0.4, 0.5) is 0 Å². The summed E-state index contributed by atoms with van der Waals surface area (Å²) in [5.74, 6) is 5.55. The summed E-state index contributed by atoms with van der Waals surface area (Å²) < 4.78 is 1.74. The number of carbonyl (C=O) groups excluding carboxylic acids is 1. The van der Waals surface area contributed by atoms with E-state index in [4.69, 9.17) is 5.84 Å². The molecule has 21 heavy (non-hydrogen) atoms. The molecule has 0 aliphatic carbocycles. The number of H-pyrrole nitrogens is 1. The smallest absolute Gasteiger partial charge is 0.265 e. The maximum absolute atomic E-state index is 11.6. The van der Waals surface area contributed by atoms with E-state index in [1.54, 1.807) is 12.1 Å². The number of fused-ring (bicyclic) bond motifs is 1. The highest BCUT2D eigenvalue weighted by Gasteiger charge is 2.12. The Labute approximate surface area is 137 Å². The van der Waals surface area contributed by atoms with E-state index in [2.05, 4.69) is 47.3 Å². The standard InChI is InChI=1S/C14H10Br2N4O/c15-9-3-1-7(2-4-9)13-18-11-6-8(14(21)20-17)5-10(16)12(11)19-13/h1-6H,17H2,(H,18,19)(H,20,21). The minimum atomic E-state index is -0.350. The van der Waals surface area contributed by atoms with Crippen LogP contribution in [-0.2, 0) is 0 Å². The highest BCUT2D eigenvalue weighted by atomic mass is 79.9. The number of imidazole rings is 1. The van der Waals surface area contributed by atoms with Crippen molar-refractivity contribution in [3.63, 3.8) is 0 Å². The van der Waals surface area contributed by atoms with Gasteiger partial charge in [-0.2, -0.15) is 0 Å². The molecule has 106 valence electrons. The van der Waals surface area contributed by atoms with Crippen molar-refractivity contribution in [3.8, 4) is 11.4 Å². The zero-order valence-electron chi connectivity index (χ0n) is 10.7. The molecule has 3 aromatic rings. The maximum Gasteiger partial charge on any atom is 0.265 e. The van der Waals surface area contributed by atoms with Gasteiger partial charge < -0.3 is 4.98 Å². The lowest BCUT2D eigenvalue weighted by Gasteiger charge is -2.00. The first-order chi connectivity index (χ1) is 10.1. The molecule has 2 aromatic carbocycles. The summed E-state index contributed by atoms with van der Waals surface area (Å²) >= 11 is 6.84. The van der Waals surface area contributed by atoms with Crippen LogP contribution in [0.15, 0.2) is 45.3 Å². The first-order valence-electron chi connectivity index (χ1n) is 6.04. The van der Waals surface area contributed by atoms with Gasteiger partial charge in [-0.3, -0.25) is 10.2 Å². The van der Waals surface area contributed by atoms with Crippen LogP contribution in [0.3, 0.4) is 0 Å². The van der Waals surface area contributed by atoms with E-state index in [-0.39, 0.29) is 5.91 Å². The minimum absolute atomic E-state index is 0.350. The summed E-state index contributed by atoms with van der Waals surface area (Å²) in [6, 6.07) is 11.2. The Balaban J connectivity index is 2.13. The zero-order valence-corrected chi connectivity index (χ0v) is 13.8. The van der Waals surface area contributed by atoms with Crippen LogP contribution in [0.25, 0.3) is 22.4 Å². The number of hydrazine groups is 1. The second-order valence-electron chi connectivity index (χ2n) is 4.42. The van der Waals surface area contributed by atoms with Crippen LogP contribution >= 0.6 is 31.9 Å². The van der Waals surface area contributed by atoms with E-state index in [1.165, 1.54) is 0 Å². The van der Waals surface area contributed by atoms with Crippen molar-refractivity contribution in [2.24, 2.45) is 5.84 Å². The van der Waals surface area contributed by atoms with E-state index in [0.717, 1.165) is 31.4 Å². The number of nitrogens with two attached hydrogens (primary N) is 1. The summed E-state index contributed by atoms with van der Waals surface area (Å²) in [6.45, 7) is 0. The molecular weight excluding hydrogens is 400 g/mol. The molecule has 4 N–H and O–H groups in total. The van der Waals surface area contributed by atoms with Crippen molar-refractivity contribution in [1.82, 2.24) is 15.4 Å². The molecule has 0 saturated heterocycles. The molecule has 0 spiro atoms. The molecule has 0 aliphatic heterocycles. The second-order valence-corrected chi connectivity index (χ2v) is 6.19. The third-order valence-electron chi connectivity index (χ3n) is 3.05. The average molecular weight is 410 g/mol. The number of rotatable bonds is 2. The number of aromatic amines is 1. The molecule has 3 rings (SSSR count). The Bertz CT molecular complexity index is 827. The van der Waals surface area contributed by atoms with Gasteiger partial charge in [-0.15, -0.1) is 0 Å². The minimum Gasteiger partial charge on any atom is -0.338 e. The second kappa shape index (κ2) is 5.59. The Morgan fingerprint density at radius 2 is 1.90 bits per heavy atom. The first-order valence-corrected chi connectivity index (χ1v) is 7.63. The molecule has 0 atom stereocenters. The lowest BCUT2D eigenvalue weighted by atomic mass is 10.2. The Morgan fingerprint density at radius 3 is 2.57 bits per heavy atom. The van der Waals surface area contributed by atoms with Gasteiger partial charge in [0.2, 0.25) is 0 Å². The van der Waals surface area contributed by atoms with Crippen molar-refractivity contribution in [3.05, 3.63) is 50.9 Å². The fourth-order valence-corrected chi connectivity index (χ4v) is 2.85. The predicted octanol–water partition coefficient (Wildman–Crippen LogP) is 3.36. The number of amides is 1. The molecule has 1 amide bonds. The normalized spacial score (nSPS) is 10.8. The van der Waals surface area contributed by atoms with E-state index in [0.29, 0.717) is 5.56 Å². The molecule has 0 bridgehead atoms. The SMILES string of the molecule is NNC(=O)c1cc(Br)c2nc(-c3ccc(Br)cc3)[nH]c2c1. The van der Waals surface area contributed by atoms with E-state index >= 15 is 0 Å². The largest absolute Gasteiger partial charge is 0.338 e. The van der Waals surface area contributed by atoms with Gasteiger partial charge in [-0.25, -0.2) is 10.8 Å². The number of nitrogen functional groups attached to an aromatic ring is 1. The van der Waals surface area contributed by atoms with Crippen molar-refractivity contribution in [2.75, 3.05) is 0 Å². The summed E-state index contributed by atoms with van der Waals surface area (Å²) in [5.41, 5.74) is 5.07. The van der Waals surface area contributed by atoms with Gasteiger partial charge in [0, 0.05) is 20.1 Å². The Morgan fingerprint density at radius 1 is 1.19 bits per heavy atom. The first kappa shape index (κ1) is 14.2. The highest BCUT2D eigenvalue weighted by molar-refractivity contribution is 9.11. The van der Waals surface area contributed by atoms with Gasteiger partial charge in [0.25, 0.3) is 5.91 Å². The van der Waals surface area contributed by atoms with Gasteiger partial charge >= 0.3 is 0 Å². The zero-order chi connectivity index (χ0) is 15.0. The van der Waals surface area contributed by atoms with Crippen LogP contribution in [0, 0.1) is 0 Å². The topological polar surface area (TPSA) is 83.8 Å². The fourth-order valence-electron chi connectivity index (χ4n) is 2.03. The van der Waals surface area contributed by atoms with E-state index < -0.39 is 0 Å². The molecule has 7 heteroatoms. The number of hydrogen-bond acceptors (Lipinski definition) is 3. The van der Waals surface area contributed by atoms with Gasteiger partial charge in [-0.1, -0.05) is 28.1 Å². The summed E-state index contributed by atoms with van der Waals surface area (Å²) in [5, 5.41) is 0. The third kappa shape index (κ3) is 2.72. The number of aromatic nitrogens is 2. The fraction of sp³-hybridized carbons (Fsp3) is 0. The maximum atomic E-state index is 11.6. The quantitative estimate of drug-likeness (QED) is 0.344. The summed E-state index contributed by atoms with van der Waals surface area (Å²) in [7, 11) is 0. The molecule has 1 heterocycles. The number of carbonyl (C=O) groups is 1. The molecular formula is C14H10Br2N4O. The van der Waals surface area contributed by atoms with Gasteiger partial charge in [0.1, 0.15) is 11.3 Å². The number of benzene rings is 2. The van der Waals surface area contributed by atoms with E-state index in [9.17, 15) is 4.79 Å². The van der Waals surface area contributed by atoms with Gasteiger partial charge in [0.05, 0.1) is 5.52 Å². The molecule has 1 aromatic heterocycles. The van der Waals surface area contributed by atoms with Crippen molar-refractivity contribution in [2.45, 2.75) is 0 Å². The molecule has 0 saturated carbocycles. The lowest BCUT2D eigenvalue weighted by molar-refractivity contribution is 0.0953. The van der Waals surface area contributed by atoms with E-state index in [1.807, 2.05) is 24.3 Å².